The average molecular weight is 344 g/mol. The van der Waals surface area contributed by atoms with Crippen LogP contribution in [0.2, 0.25) is 0 Å². The number of aliphatic hydroxyl groups excluding tert-OH is 1. The van der Waals surface area contributed by atoms with Gasteiger partial charge < -0.3 is 19.0 Å². The zero-order chi connectivity index (χ0) is 17.6. The summed E-state index contributed by atoms with van der Waals surface area (Å²) in [6.45, 7) is 0.697. The van der Waals surface area contributed by atoms with Gasteiger partial charge in [0.25, 0.3) is 5.56 Å². The number of nitrogens with zero attached hydrogens (tertiary/aromatic N) is 2. The number of hydrogen-bond acceptors (Lipinski definition) is 4. The Morgan fingerprint density at radius 1 is 1.24 bits per heavy atom. The van der Waals surface area contributed by atoms with Gasteiger partial charge in [0.05, 0.1) is 6.26 Å². The van der Waals surface area contributed by atoms with Crippen molar-refractivity contribution in [1.82, 2.24) is 9.47 Å². The number of hydrogen-bond donors (Lipinski definition) is 1. The molecule has 3 heterocycles. The number of pyridine rings is 1. The van der Waals surface area contributed by atoms with Gasteiger partial charge in [-0.05, 0) is 31.0 Å². The Hall–Kier alpha value is -2.34. The molecule has 1 amide bonds. The zero-order valence-electron chi connectivity index (χ0n) is 14.2. The van der Waals surface area contributed by atoms with Crippen molar-refractivity contribution in [3.8, 4) is 0 Å². The SMILES string of the molecule is O=C(Cn1ccccc1=O)N1CCCCC[C@@H]1C[C@H](O)c1ccco1. The molecular formula is C19H24N2O4. The highest BCUT2D eigenvalue weighted by Crippen LogP contribution is 2.26. The van der Waals surface area contributed by atoms with E-state index in [1.54, 1.807) is 30.5 Å². The summed E-state index contributed by atoms with van der Waals surface area (Å²) in [5, 5.41) is 10.4. The van der Waals surface area contributed by atoms with E-state index in [2.05, 4.69) is 0 Å². The second-order valence-electron chi connectivity index (χ2n) is 6.52. The summed E-state index contributed by atoms with van der Waals surface area (Å²) >= 11 is 0. The molecule has 0 radical (unpaired) electrons. The van der Waals surface area contributed by atoms with Gasteiger partial charge in [-0.1, -0.05) is 18.9 Å². The van der Waals surface area contributed by atoms with Gasteiger partial charge in [-0.3, -0.25) is 9.59 Å². The van der Waals surface area contributed by atoms with Crippen molar-refractivity contribution in [2.24, 2.45) is 0 Å². The van der Waals surface area contributed by atoms with Crippen LogP contribution >= 0.6 is 0 Å². The van der Waals surface area contributed by atoms with Crippen molar-refractivity contribution in [2.45, 2.75) is 50.8 Å². The molecule has 2 aromatic rings. The van der Waals surface area contributed by atoms with Crippen molar-refractivity contribution in [3.63, 3.8) is 0 Å². The van der Waals surface area contributed by atoms with E-state index >= 15 is 0 Å². The van der Waals surface area contributed by atoms with Crippen LogP contribution in [-0.2, 0) is 11.3 Å². The first-order valence-electron chi connectivity index (χ1n) is 8.81. The van der Waals surface area contributed by atoms with Crippen LogP contribution < -0.4 is 5.56 Å². The van der Waals surface area contributed by atoms with Gasteiger partial charge in [-0.2, -0.15) is 0 Å². The van der Waals surface area contributed by atoms with Gasteiger partial charge in [-0.25, -0.2) is 0 Å². The molecular weight excluding hydrogens is 320 g/mol. The van der Waals surface area contributed by atoms with Gasteiger partial charge in [0, 0.05) is 31.3 Å². The summed E-state index contributed by atoms with van der Waals surface area (Å²) in [7, 11) is 0. The standard InChI is InChI=1S/C19H24N2O4/c22-16(17-8-6-12-25-17)13-15-7-2-1-4-11-21(15)19(24)14-20-10-5-3-9-18(20)23/h3,5-6,8-10,12,15-16,22H,1-2,4,7,11,13-14H2/t15-,16+/m1/s1. The van der Waals surface area contributed by atoms with E-state index < -0.39 is 6.10 Å². The third kappa shape index (κ3) is 4.39. The molecule has 0 aromatic carbocycles. The Balaban J connectivity index is 1.72. The van der Waals surface area contributed by atoms with E-state index in [4.69, 9.17) is 4.42 Å². The minimum atomic E-state index is -0.729. The molecule has 6 nitrogen and oxygen atoms in total. The summed E-state index contributed by atoms with van der Waals surface area (Å²) in [6, 6.07) is 8.31. The van der Waals surface area contributed by atoms with E-state index in [1.807, 2.05) is 4.90 Å². The lowest BCUT2D eigenvalue weighted by atomic mass is 10.0. The molecule has 0 bridgehead atoms. The molecule has 2 atom stereocenters. The minimum Gasteiger partial charge on any atom is -0.467 e. The molecule has 2 aromatic heterocycles. The highest BCUT2D eigenvalue weighted by Gasteiger charge is 2.28. The molecule has 1 aliphatic heterocycles. The summed E-state index contributed by atoms with van der Waals surface area (Å²) in [4.78, 5) is 26.5. The first-order chi connectivity index (χ1) is 12.1. The van der Waals surface area contributed by atoms with E-state index in [0.717, 1.165) is 25.7 Å². The lowest BCUT2D eigenvalue weighted by molar-refractivity contribution is -0.134. The monoisotopic (exact) mass is 344 g/mol. The predicted molar refractivity (Wildman–Crippen MR) is 93.0 cm³/mol. The third-order valence-corrected chi connectivity index (χ3v) is 4.77. The normalized spacial score (nSPS) is 19.4. The van der Waals surface area contributed by atoms with E-state index in [1.165, 1.54) is 16.9 Å². The fraction of sp³-hybridized carbons (Fsp3) is 0.474. The van der Waals surface area contributed by atoms with Crippen LogP contribution in [0, 0.1) is 0 Å². The maximum Gasteiger partial charge on any atom is 0.250 e. The van der Waals surface area contributed by atoms with Crippen LogP contribution in [0.1, 0.15) is 44.0 Å². The molecule has 0 spiro atoms. The molecule has 25 heavy (non-hydrogen) atoms. The Morgan fingerprint density at radius 2 is 2.12 bits per heavy atom. The molecule has 1 N–H and O–H groups in total. The number of rotatable bonds is 5. The molecule has 6 heteroatoms. The maximum absolute atomic E-state index is 12.8. The van der Waals surface area contributed by atoms with Gasteiger partial charge in [-0.15, -0.1) is 0 Å². The van der Waals surface area contributed by atoms with Crippen molar-refractivity contribution >= 4 is 5.91 Å². The van der Waals surface area contributed by atoms with Crippen LogP contribution in [0.4, 0.5) is 0 Å². The molecule has 1 aliphatic rings. The zero-order valence-corrected chi connectivity index (χ0v) is 14.2. The number of aliphatic hydroxyl groups is 1. The van der Waals surface area contributed by atoms with Gasteiger partial charge in [0.1, 0.15) is 18.4 Å². The molecule has 0 saturated carbocycles. The third-order valence-electron chi connectivity index (χ3n) is 4.77. The Bertz CT molecular complexity index is 738. The minimum absolute atomic E-state index is 0.0347. The lowest BCUT2D eigenvalue weighted by Gasteiger charge is -2.31. The summed E-state index contributed by atoms with van der Waals surface area (Å²) in [5.74, 6) is 0.447. The number of carbonyl (C=O) groups is 1. The summed E-state index contributed by atoms with van der Waals surface area (Å²) in [6.07, 6.45) is 6.79. The second kappa shape index (κ2) is 8.16. The first-order valence-corrected chi connectivity index (χ1v) is 8.81. The number of amides is 1. The van der Waals surface area contributed by atoms with Crippen LogP contribution in [0.3, 0.4) is 0 Å². The summed E-state index contributed by atoms with van der Waals surface area (Å²) in [5.41, 5.74) is -0.183. The first kappa shape index (κ1) is 17.5. The fourth-order valence-corrected chi connectivity index (χ4v) is 3.43. The lowest BCUT2D eigenvalue weighted by Crippen LogP contribution is -2.43. The number of likely N-dealkylation sites (tertiary alicyclic amines) is 1. The van der Waals surface area contributed by atoms with E-state index in [0.29, 0.717) is 18.7 Å². The second-order valence-corrected chi connectivity index (χ2v) is 6.52. The van der Waals surface area contributed by atoms with Gasteiger partial charge >= 0.3 is 0 Å². The Morgan fingerprint density at radius 3 is 2.88 bits per heavy atom. The van der Waals surface area contributed by atoms with E-state index in [9.17, 15) is 14.7 Å². The van der Waals surface area contributed by atoms with Crippen molar-refractivity contribution in [2.75, 3.05) is 6.54 Å². The molecule has 0 unspecified atom stereocenters. The molecule has 1 saturated heterocycles. The number of aromatic nitrogens is 1. The Kier molecular flexibility index (Phi) is 5.71. The molecule has 3 rings (SSSR count). The van der Waals surface area contributed by atoms with Crippen LogP contribution in [0.5, 0.6) is 0 Å². The molecule has 134 valence electrons. The quantitative estimate of drug-likeness (QED) is 0.903. The molecule has 0 aliphatic carbocycles. The molecule has 1 fully saturated rings. The maximum atomic E-state index is 12.8. The van der Waals surface area contributed by atoms with Gasteiger partial charge in [0.15, 0.2) is 0 Å². The van der Waals surface area contributed by atoms with Gasteiger partial charge in [0.2, 0.25) is 5.91 Å². The summed E-state index contributed by atoms with van der Waals surface area (Å²) < 4.78 is 6.70. The topological polar surface area (TPSA) is 75.7 Å². The van der Waals surface area contributed by atoms with Crippen molar-refractivity contribution in [3.05, 3.63) is 58.9 Å². The smallest absolute Gasteiger partial charge is 0.250 e. The number of furan rings is 1. The van der Waals surface area contributed by atoms with Crippen molar-refractivity contribution < 1.29 is 14.3 Å². The Labute approximate surface area is 146 Å². The van der Waals surface area contributed by atoms with Crippen LogP contribution in [-0.4, -0.2) is 33.1 Å². The average Bonchev–Trinajstić information content (AvgIpc) is 3.04. The highest BCUT2D eigenvalue weighted by atomic mass is 16.4. The van der Waals surface area contributed by atoms with Crippen LogP contribution in [0.15, 0.2) is 52.0 Å². The number of carbonyl (C=O) groups excluding carboxylic acids is 1. The van der Waals surface area contributed by atoms with Crippen LogP contribution in [0.25, 0.3) is 0 Å². The highest BCUT2D eigenvalue weighted by molar-refractivity contribution is 5.76. The van der Waals surface area contributed by atoms with Crippen molar-refractivity contribution in [1.29, 1.82) is 0 Å². The largest absolute Gasteiger partial charge is 0.467 e. The fourth-order valence-electron chi connectivity index (χ4n) is 3.43. The predicted octanol–water partition coefficient (Wildman–Crippen LogP) is 2.34. The van der Waals surface area contributed by atoms with E-state index in [-0.39, 0.29) is 24.1 Å².